The maximum absolute atomic E-state index is 12.3. The minimum absolute atomic E-state index is 0.302. The lowest BCUT2D eigenvalue weighted by atomic mass is 9.91. The first-order chi connectivity index (χ1) is 9.73. The summed E-state index contributed by atoms with van der Waals surface area (Å²) in [5.41, 5.74) is -0.587. The van der Waals surface area contributed by atoms with Crippen molar-refractivity contribution in [1.29, 1.82) is 0 Å². The van der Waals surface area contributed by atoms with Crippen LogP contribution >= 0.6 is 11.6 Å². The van der Waals surface area contributed by atoms with Crippen LogP contribution in [-0.2, 0) is 9.59 Å². The normalized spacial score (nSPS) is 11.3. The van der Waals surface area contributed by atoms with E-state index in [0.29, 0.717) is 17.3 Å². The maximum Gasteiger partial charge on any atom is 0.239 e. The van der Waals surface area contributed by atoms with Crippen molar-refractivity contribution in [2.75, 3.05) is 32.5 Å². The lowest BCUT2D eigenvalue weighted by Crippen LogP contribution is -2.46. The zero-order valence-corrected chi connectivity index (χ0v) is 13.6. The Morgan fingerprint density at radius 1 is 1.24 bits per heavy atom. The van der Waals surface area contributed by atoms with Crippen molar-refractivity contribution in [2.24, 2.45) is 5.41 Å². The number of carbonyl (C=O) groups excluding carboxylic acids is 2. The number of hydrogen-bond donors (Lipinski definition) is 2. The molecule has 0 radical (unpaired) electrons. The van der Waals surface area contributed by atoms with Crippen molar-refractivity contribution >= 4 is 29.1 Å². The highest BCUT2D eigenvalue weighted by Crippen LogP contribution is 2.21. The second kappa shape index (κ2) is 7.43. The lowest BCUT2D eigenvalue weighted by molar-refractivity contribution is -0.138. The average molecular weight is 312 g/mol. The summed E-state index contributed by atoms with van der Waals surface area (Å²) in [6, 6.07) is 6.82. The van der Waals surface area contributed by atoms with Gasteiger partial charge in [0.15, 0.2) is 0 Å². The van der Waals surface area contributed by atoms with Crippen LogP contribution in [0.1, 0.15) is 13.8 Å². The van der Waals surface area contributed by atoms with Crippen LogP contribution in [0.15, 0.2) is 24.3 Å². The van der Waals surface area contributed by atoms with Crippen molar-refractivity contribution in [3.05, 3.63) is 29.3 Å². The Morgan fingerprint density at radius 2 is 1.90 bits per heavy atom. The third kappa shape index (κ3) is 5.36. The highest BCUT2D eigenvalue weighted by atomic mass is 35.5. The fourth-order valence-corrected chi connectivity index (χ4v) is 1.76. The second-order valence-corrected chi connectivity index (χ2v) is 6.09. The minimum Gasteiger partial charge on any atom is -0.354 e. The molecular weight excluding hydrogens is 290 g/mol. The van der Waals surface area contributed by atoms with Crippen molar-refractivity contribution in [3.8, 4) is 0 Å². The van der Waals surface area contributed by atoms with Gasteiger partial charge in [-0.05, 0) is 46.1 Å². The number of likely N-dealkylation sites (N-methyl/N-ethyl adjacent to an activating group) is 1. The van der Waals surface area contributed by atoms with E-state index in [4.69, 9.17) is 11.6 Å². The zero-order chi connectivity index (χ0) is 16.0. The highest BCUT2D eigenvalue weighted by Gasteiger charge is 2.35. The molecule has 0 unspecified atom stereocenters. The van der Waals surface area contributed by atoms with Crippen LogP contribution < -0.4 is 10.6 Å². The van der Waals surface area contributed by atoms with E-state index in [2.05, 4.69) is 10.6 Å². The van der Waals surface area contributed by atoms with E-state index < -0.39 is 5.41 Å². The van der Waals surface area contributed by atoms with E-state index in [0.717, 1.165) is 6.54 Å². The predicted molar refractivity (Wildman–Crippen MR) is 85.4 cm³/mol. The molecule has 0 aliphatic rings. The van der Waals surface area contributed by atoms with Gasteiger partial charge in [-0.3, -0.25) is 9.59 Å². The molecule has 21 heavy (non-hydrogen) atoms. The Morgan fingerprint density at radius 3 is 2.48 bits per heavy atom. The number of benzene rings is 1. The van der Waals surface area contributed by atoms with Crippen LogP contribution in [0.3, 0.4) is 0 Å². The van der Waals surface area contributed by atoms with Gasteiger partial charge in [-0.15, -0.1) is 0 Å². The molecule has 0 saturated carbocycles. The standard InChI is InChI=1S/C15H22ClN3O2/c1-15(2,13(20)17-8-9-19(3)4)14(21)18-12-7-5-6-11(16)10-12/h5-7,10H,8-9H2,1-4H3,(H,17,20)(H,18,21). The van der Waals surface area contributed by atoms with Crippen LogP contribution in [0.25, 0.3) is 0 Å². The Balaban J connectivity index is 2.63. The predicted octanol–water partition coefficient (Wildman–Crippen LogP) is 1.98. The van der Waals surface area contributed by atoms with Gasteiger partial charge < -0.3 is 15.5 Å². The van der Waals surface area contributed by atoms with Crippen LogP contribution in [0.2, 0.25) is 5.02 Å². The number of halogens is 1. The van der Waals surface area contributed by atoms with Crippen LogP contribution in [0.5, 0.6) is 0 Å². The number of nitrogens with one attached hydrogen (secondary N) is 2. The fraction of sp³-hybridized carbons (Fsp3) is 0.467. The SMILES string of the molecule is CN(C)CCNC(=O)C(C)(C)C(=O)Nc1cccc(Cl)c1. The summed E-state index contributed by atoms with van der Waals surface area (Å²) in [5, 5.41) is 6.00. The van der Waals surface area contributed by atoms with E-state index >= 15 is 0 Å². The summed E-state index contributed by atoms with van der Waals surface area (Å²) >= 11 is 5.87. The van der Waals surface area contributed by atoms with E-state index in [-0.39, 0.29) is 11.8 Å². The van der Waals surface area contributed by atoms with Gasteiger partial charge in [0, 0.05) is 23.8 Å². The Labute approximate surface area is 130 Å². The van der Waals surface area contributed by atoms with Crippen molar-refractivity contribution < 1.29 is 9.59 Å². The summed E-state index contributed by atoms with van der Waals surface area (Å²) in [7, 11) is 3.84. The summed E-state index contributed by atoms with van der Waals surface area (Å²) in [5.74, 6) is -0.670. The summed E-state index contributed by atoms with van der Waals surface area (Å²) < 4.78 is 0. The van der Waals surface area contributed by atoms with Gasteiger partial charge in [0.2, 0.25) is 11.8 Å². The summed E-state index contributed by atoms with van der Waals surface area (Å²) in [4.78, 5) is 26.3. The molecule has 6 heteroatoms. The Bertz CT molecular complexity index is 515. The first-order valence-corrected chi connectivity index (χ1v) is 7.11. The largest absolute Gasteiger partial charge is 0.354 e. The molecule has 1 rings (SSSR count). The van der Waals surface area contributed by atoms with Gasteiger partial charge >= 0.3 is 0 Å². The Hall–Kier alpha value is -1.59. The van der Waals surface area contributed by atoms with Crippen molar-refractivity contribution in [2.45, 2.75) is 13.8 Å². The third-order valence-corrected chi connectivity index (χ3v) is 3.30. The quantitative estimate of drug-likeness (QED) is 0.790. The van der Waals surface area contributed by atoms with Crippen LogP contribution in [0.4, 0.5) is 5.69 Å². The first kappa shape index (κ1) is 17.5. The monoisotopic (exact) mass is 311 g/mol. The van der Waals surface area contributed by atoms with E-state index in [1.54, 1.807) is 38.1 Å². The van der Waals surface area contributed by atoms with E-state index in [1.807, 2.05) is 19.0 Å². The molecule has 0 spiro atoms. The number of anilines is 1. The molecular formula is C15H22ClN3O2. The van der Waals surface area contributed by atoms with Crippen LogP contribution in [0, 0.1) is 5.41 Å². The fourth-order valence-electron chi connectivity index (χ4n) is 1.57. The topological polar surface area (TPSA) is 61.4 Å². The minimum atomic E-state index is -1.16. The number of nitrogens with zero attached hydrogens (tertiary/aromatic N) is 1. The third-order valence-electron chi connectivity index (χ3n) is 3.06. The molecule has 1 aromatic rings. The van der Waals surface area contributed by atoms with Gasteiger partial charge in [0.1, 0.15) is 5.41 Å². The summed E-state index contributed by atoms with van der Waals surface area (Å²) in [6.45, 7) is 4.41. The van der Waals surface area contributed by atoms with Gasteiger partial charge in [0.05, 0.1) is 0 Å². The average Bonchev–Trinajstić information content (AvgIpc) is 2.37. The van der Waals surface area contributed by atoms with Crippen molar-refractivity contribution in [3.63, 3.8) is 0 Å². The molecule has 116 valence electrons. The molecule has 0 aromatic heterocycles. The summed E-state index contributed by atoms with van der Waals surface area (Å²) in [6.07, 6.45) is 0. The molecule has 0 bridgehead atoms. The highest BCUT2D eigenvalue weighted by molar-refractivity contribution is 6.31. The zero-order valence-electron chi connectivity index (χ0n) is 12.9. The molecule has 0 fully saturated rings. The van der Waals surface area contributed by atoms with Crippen LogP contribution in [-0.4, -0.2) is 43.9 Å². The number of hydrogen-bond acceptors (Lipinski definition) is 3. The molecule has 2 amide bonds. The van der Waals surface area contributed by atoms with Gasteiger partial charge in [-0.25, -0.2) is 0 Å². The number of carbonyl (C=O) groups is 2. The molecule has 0 heterocycles. The number of amides is 2. The van der Waals surface area contributed by atoms with E-state index in [9.17, 15) is 9.59 Å². The van der Waals surface area contributed by atoms with Crippen molar-refractivity contribution in [1.82, 2.24) is 10.2 Å². The number of rotatable bonds is 6. The first-order valence-electron chi connectivity index (χ1n) is 6.73. The van der Waals surface area contributed by atoms with Gasteiger partial charge in [0.25, 0.3) is 0 Å². The second-order valence-electron chi connectivity index (χ2n) is 5.65. The van der Waals surface area contributed by atoms with Gasteiger partial charge in [-0.1, -0.05) is 17.7 Å². The molecule has 1 aromatic carbocycles. The lowest BCUT2D eigenvalue weighted by Gasteiger charge is -2.23. The Kier molecular flexibility index (Phi) is 6.18. The molecule has 0 aliphatic heterocycles. The van der Waals surface area contributed by atoms with E-state index in [1.165, 1.54) is 0 Å². The maximum atomic E-state index is 12.3. The molecule has 0 saturated heterocycles. The molecule has 2 N–H and O–H groups in total. The van der Waals surface area contributed by atoms with Gasteiger partial charge in [-0.2, -0.15) is 0 Å². The molecule has 5 nitrogen and oxygen atoms in total. The smallest absolute Gasteiger partial charge is 0.239 e. The molecule has 0 aliphatic carbocycles. The molecule has 0 atom stereocenters.